The van der Waals surface area contributed by atoms with E-state index in [-0.39, 0.29) is 5.82 Å². The van der Waals surface area contributed by atoms with Crippen molar-refractivity contribution in [1.82, 2.24) is 0 Å². The molecule has 0 radical (unpaired) electrons. The van der Waals surface area contributed by atoms with E-state index in [2.05, 4.69) is 11.8 Å². The summed E-state index contributed by atoms with van der Waals surface area (Å²) in [6.45, 7) is 4.58. The van der Waals surface area contributed by atoms with E-state index in [0.717, 1.165) is 12.2 Å². The van der Waals surface area contributed by atoms with Crippen LogP contribution in [0.2, 0.25) is 0 Å². The van der Waals surface area contributed by atoms with Gasteiger partial charge >= 0.3 is 0 Å². The molecule has 0 spiro atoms. The lowest BCUT2D eigenvalue weighted by atomic mass is 10.0. The van der Waals surface area contributed by atoms with Crippen LogP contribution in [0.4, 0.5) is 10.1 Å². The Balaban J connectivity index is 2.38. The molecular formula is C15H22FNO. The summed E-state index contributed by atoms with van der Waals surface area (Å²) in [7, 11) is 0. The highest BCUT2D eigenvalue weighted by Crippen LogP contribution is 2.34. The molecule has 3 heteroatoms. The average Bonchev–Trinajstić information content (AvgIpc) is 2.83. The molecule has 0 aromatic heterocycles. The van der Waals surface area contributed by atoms with Gasteiger partial charge in [0.1, 0.15) is 5.82 Å². The van der Waals surface area contributed by atoms with E-state index < -0.39 is 6.10 Å². The van der Waals surface area contributed by atoms with Gasteiger partial charge in [0.2, 0.25) is 0 Å². The van der Waals surface area contributed by atoms with Crippen molar-refractivity contribution in [3.63, 3.8) is 0 Å². The second-order valence-corrected chi connectivity index (χ2v) is 5.07. The van der Waals surface area contributed by atoms with Gasteiger partial charge in [0, 0.05) is 23.8 Å². The minimum Gasteiger partial charge on any atom is -0.389 e. The van der Waals surface area contributed by atoms with Crippen molar-refractivity contribution < 1.29 is 9.50 Å². The van der Waals surface area contributed by atoms with Gasteiger partial charge in [0.25, 0.3) is 0 Å². The summed E-state index contributed by atoms with van der Waals surface area (Å²) < 4.78 is 13.9. The number of rotatable bonds is 4. The van der Waals surface area contributed by atoms with Crippen molar-refractivity contribution in [3.05, 3.63) is 29.6 Å². The molecule has 1 aliphatic carbocycles. The van der Waals surface area contributed by atoms with Gasteiger partial charge in [-0.15, -0.1) is 0 Å². The highest BCUT2D eigenvalue weighted by molar-refractivity contribution is 5.56. The molecule has 0 saturated heterocycles. The summed E-state index contributed by atoms with van der Waals surface area (Å²) in [5.74, 6) is -0.307. The van der Waals surface area contributed by atoms with Crippen LogP contribution in [0, 0.1) is 5.82 Å². The maximum Gasteiger partial charge on any atom is 0.131 e. The Hall–Kier alpha value is -1.09. The first kappa shape index (κ1) is 13.3. The number of anilines is 1. The van der Waals surface area contributed by atoms with Crippen LogP contribution in [0.3, 0.4) is 0 Å². The maximum absolute atomic E-state index is 13.9. The molecule has 1 aromatic carbocycles. The van der Waals surface area contributed by atoms with Crippen LogP contribution in [0.5, 0.6) is 0 Å². The minimum atomic E-state index is -0.767. The molecule has 1 N–H and O–H groups in total. The van der Waals surface area contributed by atoms with E-state index >= 15 is 0 Å². The first-order valence-electron chi connectivity index (χ1n) is 6.88. The summed E-state index contributed by atoms with van der Waals surface area (Å²) >= 11 is 0. The highest BCUT2D eigenvalue weighted by atomic mass is 19.1. The molecule has 1 fully saturated rings. The predicted molar refractivity (Wildman–Crippen MR) is 72.3 cm³/mol. The first-order valence-corrected chi connectivity index (χ1v) is 6.88. The number of aliphatic hydroxyl groups is 1. The average molecular weight is 251 g/mol. The molecule has 18 heavy (non-hydrogen) atoms. The number of aliphatic hydroxyl groups excluding tert-OH is 1. The summed E-state index contributed by atoms with van der Waals surface area (Å²) in [6, 6.07) is 5.57. The standard InChI is InChI=1S/C15H22FNO/c1-3-17(12-7-4-5-8-12)14-10-6-9-13(16)15(14)11(2)18/h6,9-12,18H,3-5,7-8H2,1-2H3. The SMILES string of the molecule is CCN(c1cccc(F)c1C(C)O)C1CCCC1. The lowest BCUT2D eigenvalue weighted by Crippen LogP contribution is -2.34. The maximum atomic E-state index is 13.9. The zero-order valence-corrected chi connectivity index (χ0v) is 11.2. The van der Waals surface area contributed by atoms with Gasteiger partial charge in [-0.1, -0.05) is 18.9 Å². The zero-order valence-electron chi connectivity index (χ0n) is 11.2. The molecule has 2 rings (SSSR count). The van der Waals surface area contributed by atoms with Gasteiger partial charge in [-0.3, -0.25) is 0 Å². The van der Waals surface area contributed by atoms with E-state index in [9.17, 15) is 9.50 Å². The predicted octanol–water partition coefficient (Wildman–Crippen LogP) is 3.65. The van der Waals surface area contributed by atoms with E-state index in [1.807, 2.05) is 6.07 Å². The van der Waals surface area contributed by atoms with Crippen LogP contribution in [0.15, 0.2) is 18.2 Å². The number of hydrogen-bond donors (Lipinski definition) is 1. The lowest BCUT2D eigenvalue weighted by molar-refractivity contribution is 0.194. The fourth-order valence-corrected chi connectivity index (χ4v) is 3.03. The van der Waals surface area contributed by atoms with Crippen LogP contribution >= 0.6 is 0 Å². The van der Waals surface area contributed by atoms with E-state index in [1.165, 1.54) is 31.7 Å². The van der Waals surface area contributed by atoms with Gasteiger partial charge in [0.15, 0.2) is 0 Å². The Labute approximate surface area is 108 Å². The second-order valence-electron chi connectivity index (χ2n) is 5.07. The van der Waals surface area contributed by atoms with Gasteiger partial charge in [-0.25, -0.2) is 4.39 Å². The molecule has 1 atom stereocenters. The summed E-state index contributed by atoms with van der Waals surface area (Å²) in [5, 5.41) is 9.81. The number of halogens is 1. The third-order valence-corrected chi connectivity index (χ3v) is 3.86. The van der Waals surface area contributed by atoms with Gasteiger partial charge in [-0.2, -0.15) is 0 Å². The van der Waals surface area contributed by atoms with Crippen molar-refractivity contribution in [2.75, 3.05) is 11.4 Å². The van der Waals surface area contributed by atoms with Gasteiger partial charge in [-0.05, 0) is 38.8 Å². The van der Waals surface area contributed by atoms with Gasteiger partial charge < -0.3 is 10.0 Å². The largest absolute Gasteiger partial charge is 0.389 e. The van der Waals surface area contributed by atoms with Crippen LogP contribution in [0.25, 0.3) is 0 Å². The molecule has 100 valence electrons. The Kier molecular flexibility index (Phi) is 4.23. The molecule has 1 aromatic rings. The zero-order chi connectivity index (χ0) is 13.1. The molecule has 0 amide bonds. The molecule has 2 nitrogen and oxygen atoms in total. The quantitative estimate of drug-likeness (QED) is 0.883. The van der Waals surface area contributed by atoms with Crippen LogP contribution in [-0.4, -0.2) is 17.7 Å². The van der Waals surface area contributed by atoms with Gasteiger partial charge in [0.05, 0.1) is 6.10 Å². The van der Waals surface area contributed by atoms with Crippen molar-refractivity contribution in [1.29, 1.82) is 0 Å². The smallest absolute Gasteiger partial charge is 0.131 e. The number of hydrogen-bond acceptors (Lipinski definition) is 2. The summed E-state index contributed by atoms with van der Waals surface area (Å²) in [5.41, 5.74) is 1.30. The Morgan fingerprint density at radius 3 is 2.61 bits per heavy atom. The molecule has 1 saturated carbocycles. The number of benzene rings is 1. The van der Waals surface area contributed by atoms with E-state index in [0.29, 0.717) is 11.6 Å². The van der Waals surface area contributed by atoms with Crippen molar-refractivity contribution >= 4 is 5.69 Å². The molecule has 1 unspecified atom stereocenters. The van der Waals surface area contributed by atoms with Crippen molar-refractivity contribution in [2.45, 2.75) is 51.7 Å². The molecule has 1 aliphatic rings. The lowest BCUT2D eigenvalue weighted by Gasteiger charge is -2.32. The minimum absolute atomic E-state index is 0.307. The second kappa shape index (κ2) is 5.70. The summed E-state index contributed by atoms with van der Waals surface area (Å²) in [6.07, 6.45) is 4.07. The molecule has 0 bridgehead atoms. The Morgan fingerprint density at radius 1 is 1.39 bits per heavy atom. The first-order chi connectivity index (χ1) is 8.65. The molecule has 0 aliphatic heterocycles. The fraction of sp³-hybridized carbons (Fsp3) is 0.600. The molecule has 0 heterocycles. The van der Waals surface area contributed by atoms with Crippen LogP contribution < -0.4 is 4.90 Å². The van der Waals surface area contributed by atoms with E-state index in [1.54, 1.807) is 13.0 Å². The summed E-state index contributed by atoms with van der Waals surface area (Å²) in [4.78, 5) is 2.25. The Bertz CT molecular complexity index is 399. The number of nitrogens with zero attached hydrogens (tertiary/aromatic N) is 1. The third kappa shape index (κ3) is 2.51. The Morgan fingerprint density at radius 2 is 2.06 bits per heavy atom. The van der Waals surface area contributed by atoms with Crippen molar-refractivity contribution in [3.8, 4) is 0 Å². The molecular weight excluding hydrogens is 229 g/mol. The topological polar surface area (TPSA) is 23.5 Å². The fourth-order valence-electron chi connectivity index (χ4n) is 3.03. The normalized spacial score (nSPS) is 18.0. The van der Waals surface area contributed by atoms with Crippen LogP contribution in [-0.2, 0) is 0 Å². The van der Waals surface area contributed by atoms with E-state index in [4.69, 9.17) is 0 Å². The monoisotopic (exact) mass is 251 g/mol. The van der Waals surface area contributed by atoms with Crippen LogP contribution in [0.1, 0.15) is 51.2 Å². The highest BCUT2D eigenvalue weighted by Gasteiger charge is 2.25. The third-order valence-electron chi connectivity index (χ3n) is 3.86. The van der Waals surface area contributed by atoms with Crippen molar-refractivity contribution in [2.24, 2.45) is 0 Å².